The fourth-order valence-corrected chi connectivity index (χ4v) is 2.17. The molecule has 3 aromatic heterocycles. The Morgan fingerprint density at radius 3 is 2.90 bits per heavy atom. The van der Waals surface area contributed by atoms with Crippen LogP contribution < -0.4 is 5.32 Å². The quantitative estimate of drug-likeness (QED) is 0.710. The van der Waals surface area contributed by atoms with Crippen LogP contribution in [0, 0.1) is 13.8 Å². The molecule has 0 amide bonds. The lowest BCUT2D eigenvalue weighted by Gasteiger charge is -2.04. The molecule has 108 valence electrons. The predicted molar refractivity (Wildman–Crippen MR) is 75.7 cm³/mol. The lowest BCUT2D eigenvalue weighted by molar-refractivity contribution is 0.0600. The first-order valence-electron chi connectivity index (χ1n) is 6.30. The van der Waals surface area contributed by atoms with Gasteiger partial charge in [-0.1, -0.05) is 0 Å². The maximum absolute atomic E-state index is 11.8. The Bertz CT molecular complexity index is 819. The van der Waals surface area contributed by atoms with Crippen LogP contribution in [0.2, 0.25) is 0 Å². The van der Waals surface area contributed by atoms with E-state index in [1.54, 1.807) is 10.7 Å². The van der Waals surface area contributed by atoms with E-state index in [1.807, 2.05) is 19.9 Å². The van der Waals surface area contributed by atoms with Crippen LogP contribution in [0.3, 0.4) is 0 Å². The Morgan fingerprint density at radius 1 is 1.43 bits per heavy atom. The Kier molecular flexibility index (Phi) is 3.05. The summed E-state index contributed by atoms with van der Waals surface area (Å²) in [6.45, 7) is 3.73. The summed E-state index contributed by atoms with van der Waals surface area (Å²) in [5.41, 5.74) is 2.85. The Morgan fingerprint density at radius 2 is 2.24 bits per heavy atom. The molecular formula is C13H14N6O2. The zero-order valence-corrected chi connectivity index (χ0v) is 11.8. The van der Waals surface area contributed by atoms with Gasteiger partial charge in [0.1, 0.15) is 11.8 Å². The van der Waals surface area contributed by atoms with E-state index in [0.717, 1.165) is 11.3 Å². The summed E-state index contributed by atoms with van der Waals surface area (Å²) in [5, 5.41) is 14.2. The Labute approximate surface area is 120 Å². The number of esters is 1. The van der Waals surface area contributed by atoms with Gasteiger partial charge in [-0.3, -0.25) is 5.10 Å². The second kappa shape index (κ2) is 4.89. The molecule has 8 nitrogen and oxygen atoms in total. The van der Waals surface area contributed by atoms with E-state index in [2.05, 4.69) is 25.6 Å². The molecule has 0 aromatic carbocycles. The summed E-state index contributed by atoms with van der Waals surface area (Å²) in [5.74, 6) is 0.817. The predicted octanol–water partition coefficient (Wildman–Crippen LogP) is 1.60. The number of nitrogens with one attached hydrogen (secondary N) is 2. The zero-order valence-electron chi connectivity index (χ0n) is 11.8. The molecule has 0 fully saturated rings. The summed E-state index contributed by atoms with van der Waals surface area (Å²) >= 11 is 0. The van der Waals surface area contributed by atoms with Gasteiger partial charge in [-0.05, 0) is 19.4 Å². The maximum atomic E-state index is 11.8. The molecule has 21 heavy (non-hydrogen) atoms. The molecule has 3 heterocycles. The molecular weight excluding hydrogens is 272 g/mol. The van der Waals surface area contributed by atoms with Gasteiger partial charge in [0.25, 0.3) is 0 Å². The van der Waals surface area contributed by atoms with Gasteiger partial charge >= 0.3 is 5.97 Å². The van der Waals surface area contributed by atoms with E-state index in [0.29, 0.717) is 22.7 Å². The molecule has 8 heteroatoms. The molecule has 3 rings (SSSR count). The van der Waals surface area contributed by atoms with Crippen molar-refractivity contribution in [3.8, 4) is 0 Å². The van der Waals surface area contributed by atoms with Crippen molar-refractivity contribution in [1.29, 1.82) is 0 Å². The van der Waals surface area contributed by atoms with Crippen molar-refractivity contribution in [2.45, 2.75) is 13.8 Å². The summed E-state index contributed by atoms with van der Waals surface area (Å²) in [7, 11) is 1.35. The molecule has 0 atom stereocenters. The zero-order chi connectivity index (χ0) is 15.0. The minimum Gasteiger partial charge on any atom is -0.465 e. The molecule has 0 aliphatic carbocycles. The Balaban J connectivity index is 2.10. The summed E-state index contributed by atoms with van der Waals surface area (Å²) in [6.07, 6.45) is 3.04. The number of H-pyrrole nitrogens is 1. The summed E-state index contributed by atoms with van der Waals surface area (Å²) in [4.78, 5) is 16.0. The van der Waals surface area contributed by atoms with Crippen molar-refractivity contribution >= 4 is 23.1 Å². The van der Waals surface area contributed by atoms with Crippen molar-refractivity contribution in [3.63, 3.8) is 0 Å². The highest BCUT2D eigenvalue weighted by Gasteiger charge is 2.18. The molecule has 0 unspecified atom stereocenters. The topological polar surface area (TPSA) is 97.2 Å². The van der Waals surface area contributed by atoms with Crippen LogP contribution in [0.1, 0.15) is 21.6 Å². The third-order valence-electron chi connectivity index (χ3n) is 3.18. The van der Waals surface area contributed by atoms with E-state index in [9.17, 15) is 4.79 Å². The number of nitrogens with zero attached hydrogens (tertiary/aromatic N) is 4. The summed E-state index contributed by atoms with van der Waals surface area (Å²) in [6, 6.07) is 1.86. The van der Waals surface area contributed by atoms with Crippen LogP contribution in [-0.2, 0) is 4.74 Å². The second-order valence-corrected chi connectivity index (χ2v) is 4.62. The van der Waals surface area contributed by atoms with Gasteiger partial charge in [0.05, 0.1) is 12.7 Å². The number of fused-ring (bicyclic) bond motifs is 1. The van der Waals surface area contributed by atoms with E-state index in [-0.39, 0.29) is 0 Å². The van der Waals surface area contributed by atoms with Crippen molar-refractivity contribution < 1.29 is 9.53 Å². The molecule has 0 aliphatic heterocycles. The standard InChI is InChI=1S/C13H14N6O2/c1-7-4-10(18-17-7)16-12-11-8(2)9(13(20)21-3)5-19(11)15-6-14-12/h4-6H,1-3H3,(H2,14,15,16,17,18). The number of aryl methyl sites for hydroxylation is 2. The smallest absolute Gasteiger partial charge is 0.339 e. The van der Waals surface area contributed by atoms with E-state index < -0.39 is 5.97 Å². The Hall–Kier alpha value is -2.90. The van der Waals surface area contributed by atoms with E-state index in [1.165, 1.54) is 13.4 Å². The van der Waals surface area contributed by atoms with Crippen LogP contribution in [0.5, 0.6) is 0 Å². The molecule has 0 radical (unpaired) electrons. The summed E-state index contributed by atoms with van der Waals surface area (Å²) < 4.78 is 6.36. The normalized spacial score (nSPS) is 10.8. The van der Waals surface area contributed by atoms with Crippen molar-refractivity contribution in [2.24, 2.45) is 0 Å². The number of carbonyl (C=O) groups is 1. The molecule has 3 aromatic rings. The molecule has 0 bridgehead atoms. The lowest BCUT2D eigenvalue weighted by atomic mass is 10.2. The average molecular weight is 286 g/mol. The van der Waals surface area contributed by atoms with Crippen molar-refractivity contribution in [2.75, 3.05) is 12.4 Å². The number of aromatic nitrogens is 5. The van der Waals surface area contributed by atoms with E-state index in [4.69, 9.17) is 4.74 Å². The number of carbonyl (C=O) groups excluding carboxylic acids is 1. The number of hydrogen-bond acceptors (Lipinski definition) is 6. The van der Waals surface area contributed by atoms with Crippen LogP contribution in [-0.4, -0.2) is 37.9 Å². The first-order chi connectivity index (χ1) is 10.1. The third-order valence-corrected chi connectivity index (χ3v) is 3.18. The molecule has 0 aliphatic rings. The second-order valence-electron chi connectivity index (χ2n) is 4.62. The average Bonchev–Trinajstić information content (AvgIpc) is 3.03. The maximum Gasteiger partial charge on any atom is 0.339 e. The third kappa shape index (κ3) is 2.20. The highest BCUT2D eigenvalue weighted by atomic mass is 16.5. The van der Waals surface area contributed by atoms with Gasteiger partial charge < -0.3 is 10.1 Å². The molecule has 0 saturated carbocycles. The first kappa shape index (κ1) is 13.1. The van der Waals surface area contributed by atoms with Crippen molar-refractivity contribution in [1.82, 2.24) is 24.8 Å². The minimum absolute atomic E-state index is 0.403. The first-order valence-corrected chi connectivity index (χ1v) is 6.30. The van der Waals surface area contributed by atoms with Crippen LogP contribution in [0.25, 0.3) is 5.52 Å². The van der Waals surface area contributed by atoms with Gasteiger partial charge in [-0.15, -0.1) is 0 Å². The van der Waals surface area contributed by atoms with Gasteiger partial charge in [0.2, 0.25) is 0 Å². The number of rotatable bonds is 3. The van der Waals surface area contributed by atoms with Crippen LogP contribution in [0.4, 0.5) is 11.6 Å². The van der Waals surface area contributed by atoms with Gasteiger partial charge in [-0.25, -0.2) is 14.3 Å². The fraction of sp³-hybridized carbons (Fsp3) is 0.231. The number of hydrogen-bond donors (Lipinski definition) is 2. The highest BCUT2D eigenvalue weighted by molar-refractivity contribution is 5.95. The molecule has 0 saturated heterocycles. The monoisotopic (exact) mass is 286 g/mol. The lowest BCUT2D eigenvalue weighted by Crippen LogP contribution is -2.01. The van der Waals surface area contributed by atoms with Gasteiger partial charge in [0, 0.05) is 18.0 Å². The molecule has 0 spiro atoms. The largest absolute Gasteiger partial charge is 0.465 e. The van der Waals surface area contributed by atoms with Gasteiger partial charge in [0.15, 0.2) is 11.6 Å². The number of ether oxygens (including phenoxy) is 1. The van der Waals surface area contributed by atoms with Crippen LogP contribution >= 0.6 is 0 Å². The van der Waals surface area contributed by atoms with E-state index >= 15 is 0 Å². The van der Waals surface area contributed by atoms with Gasteiger partial charge in [-0.2, -0.15) is 10.2 Å². The highest BCUT2D eigenvalue weighted by Crippen LogP contribution is 2.25. The molecule has 2 N–H and O–H groups in total. The number of anilines is 2. The fourth-order valence-electron chi connectivity index (χ4n) is 2.17. The number of aromatic amines is 1. The van der Waals surface area contributed by atoms with Crippen molar-refractivity contribution in [3.05, 3.63) is 35.4 Å². The minimum atomic E-state index is -0.403. The SMILES string of the molecule is COC(=O)c1cn2ncnc(Nc3cc(C)[nH]n3)c2c1C. The number of methoxy groups -OCH3 is 1. The van der Waals surface area contributed by atoms with Crippen LogP contribution in [0.15, 0.2) is 18.6 Å².